The lowest BCUT2D eigenvalue weighted by Gasteiger charge is -2.49. The molecule has 2 saturated heterocycles. The highest BCUT2D eigenvalue weighted by molar-refractivity contribution is 5.44. The van der Waals surface area contributed by atoms with Gasteiger partial charge in [0.25, 0.3) is 0 Å². The minimum atomic E-state index is -5.02. The molecule has 4 aliphatic heterocycles. The lowest BCUT2D eigenvalue weighted by Crippen LogP contribution is -2.67. The number of halogens is 6. The fraction of sp³-hybridized carbons (Fsp3) is 0.667. The van der Waals surface area contributed by atoms with Gasteiger partial charge in [-0.25, -0.2) is 0 Å². The lowest BCUT2D eigenvalue weighted by molar-refractivity contribution is -0.327. The van der Waals surface area contributed by atoms with Crippen LogP contribution in [0.1, 0.15) is 0 Å². The molecule has 0 spiro atoms. The van der Waals surface area contributed by atoms with Crippen molar-refractivity contribution >= 4 is 0 Å². The standard InChI is InChI=1S/C12H9F6NO/c13-11(14,15)9-5-1-2-6(19-5)10(9,12(16,17)18)8-4-3-7(9)20-8/h1-8,19H/t5-,6+,7+,8-,9-,10+. The highest BCUT2D eigenvalue weighted by Crippen LogP contribution is 2.75. The van der Waals surface area contributed by atoms with Crippen LogP contribution in [0, 0.1) is 10.8 Å². The lowest BCUT2D eigenvalue weighted by atomic mass is 9.52. The smallest absolute Gasteiger partial charge is 0.365 e. The summed E-state index contributed by atoms with van der Waals surface area (Å²) in [5, 5.41) is 2.45. The molecule has 0 saturated carbocycles. The molecule has 6 atom stereocenters. The zero-order chi connectivity index (χ0) is 14.6. The maximum atomic E-state index is 13.7. The summed E-state index contributed by atoms with van der Waals surface area (Å²) in [5.41, 5.74) is -5.95. The molecular weight excluding hydrogens is 288 g/mol. The van der Waals surface area contributed by atoms with Crippen LogP contribution in [-0.4, -0.2) is 36.6 Å². The second kappa shape index (κ2) is 3.09. The summed E-state index contributed by atoms with van der Waals surface area (Å²) in [4.78, 5) is 0. The topological polar surface area (TPSA) is 21.3 Å². The molecule has 0 aromatic carbocycles. The Hall–Kier alpha value is -1.02. The summed E-state index contributed by atoms with van der Waals surface area (Å²) >= 11 is 0. The van der Waals surface area contributed by atoms with Crippen molar-refractivity contribution in [1.82, 2.24) is 5.32 Å². The number of hydrogen-bond acceptors (Lipinski definition) is 2. The molecule has 8 heteroatoms. The first kappa shape index (κ1) is 12.7. The average Bonchev–Trinajstić information content (AvgIpc) is 3.03. The average molecular weight is 297 g/mol. The summed E-state index contributed by atoms with van der Waals surface area (Å²) < 4.78 is 87.3. The van der Waals surface area contributed by atoms with Crippen molar-refractivity contribution in [2.75, 3.05) is 0 Å². The number of fused-ring (bicyclic) bond motifs is 9. The van der Waals surface area contributed by atoms with Crippen LogP contribution in [0.4, 0.5) is 26.3 Å². The third kappa shape index (κ3) is 0.938. The second-order valence-electron chi connectivity index (χ2n) is 5.60. The van der Waals surface area contributed by atoms with Gasteiger partial charge in [0.15, 0.2) is 0 Å². The van der Waals surface area contributed by atoms with Crippen molar-refractivity contribution in [3.8, 4) is 0 Å². The number of ether oxygens (including phenoxy) is 1. The Kier molecular flexibility index (Phi) is 1.96. The molecule has 4 aliphatic rings. The molecule has 4 heterocycles. The van der Waals surface area contributed by atoms with E-state index in [0.29, 0.717) is 0 Å². The predicted molar refractivity (Wildman–Crippen MR) is 54.6 cm³/mol. The minimum absolute atomic E-state index is 1.11. The molecule has 0 aromatic rings. The molecule has 0 aromatic heterocycles. The van der Waals surface area contributed by atoms with Gasteiger partial charge in [0, 0.05) is 12.1 Å². The zero-order valence-electron chi connectivity index (χ0n) is 9.79. The summed E-state index contributed by atoms with van der Waals surface area (Å²) in [6, 6.07) is -2.82. The summed E-state index contributed by atoms with van der Waals surface area (Å²) in [7, 11) is 0. The molecule has 4 rings (SSSR count). The van der Waals surface area contributed by atoms with Gasteiger partial charge >= 0.3 is 12.4 Å². The first-order chi connectivity index (χ1) is 9.17. The van der Waals surface area contributed by atoms with Crippen molar-refractivity contribution in [2.45, 2.75) is 36.6 Å². The molecule has 20 heavy (non-hydrogen) atoms. The predicted octanol–water partition coefficient (Wildman–Crippen LogP) is 2.33. The van der Waals surface area contributed by atoms with E-state index in [1.807, 2.05) is 0 Å². The van der Waals surface area contributed by atoms with Crippen molar-refractivity contribution in [2.24, 2.45) is 10.8 Å². The number of nitrogens with one attached hydrogen (secondary N) is 1. The molecule has 2 fully saturated rings. The van der Waals surface area contributed by atoms with Crippen LogP contribution in [-0.2, 0) is 4.74 Å². The van der Waals surface area contributed by atoms with Gasteiger partial charge in [-0.1, -0.05) is 24.3 Å². The summed E-state index contributed by atoms with van der Waals surface area (Å²) in [6.07, 6.45) is -8.66. The Morgan fingerprint density at radius 3 is 1.50 bits per heavy atom. The van der Waals surface area contributed by atoms with E-state index in [0.717, 1.165) is 12.2 Å². The fourth-order valence-corrected chi connectivity index (χ4v) is 4.55. The summed E-state index contributed by atoms with van der Waals surface area (Å²) in [6.45, 7) is 0. The molecule has 4 bridgehead atoms. The van der Waals surface area contributed by atoms with Crippen molar-refractivity contribution in [1.29, 1.82) is 0 Å². The Morgan fingerprint density at radius 1 is 0.750 bits per heavy atom. The molecule has 1 N–H and O–H groups in total. The Labute approximate surface area is 109 Å². The monoisotopic (exact) mass is 297 g/mol. The van der Waals surface area contributed by atoms with Gasteiger partial charge < -0.3 is 10.1 Å². The maximum absolute atomic E-state index is 13.7. The zero-order valence-corrected chi connectivity index (χ0v) is 9.79. The second-order valence-corrected chi connectivity index (χ2v) is 5.60. The normalized spacial score (nSPS) is 52.1. The van der Waals surface area contributed by atoms with Gasteiger partial charge in [0.2, 0.25) is 0 Å². The molecule has 0 aliphatic carbocycles. The van der Waals surface area contributed by atoms with E-state index >= 15 is 0 Å². The molecule has 0 unspecified atom stereocenters. The van der Waals surface area contributed by atoms with Gasteiger partial charge in [0.05, 0.1) is 12.2 Å². The molecule has 2 nitrogen and oxygen atoms in total. The van der Waals surface area contributed by atoms with Crippen LogP contribution in [0.3, 0.4) is 0 Å². The van der Waals surface area contributed by atoms with Crippen molar-refractivity contribution in [3.05, 3.63) is 24.3 Å². The first-order valence-electron chi connectivity index (χ1n) is 6.09. The highest BCUT2D eigenvalue weighted by atomic mass is 19.4. The van der Waals surface area contributed by atoms with Gasteiger partial charge in [-0.2, -0.15) is 26.3 Å². The third-order valence-electron chi connectivity index (χ3n) is 5.11. The number of rotatable bonds is 0. The van der Waals surface area contributed by atoms with Gasteiger partial charge in [-0.05, 0) is 0 Å². The van der Waals surface area contributed by atoms with Crippen molar-refractivity contribution in [3.63, 3.8) is 0 Å². The molecular formula is C12H9F6NO. The van der Waals surface area contributed by atoms with Crippen LogP contribution in [0.2, 0.25) is 0 Å². The van der Waals surface area contributed by atoms with Crippen molar-refractivity contribution < 1.29 is 31.1 Å². The van der Waals surface area contributed by atoms with Crippen LogP contribution < -0.4 is 5.32 Å². The van der Waals surface area contributed by atoms with E-state index in [1.165, 1.54) is 12.2 Å². The Balaban J connectivity index is 2.07. The first-order valence-corrected chi connectivity index (χ1v) is 6.09. The van der Waals surface area contributed by atoms with E-state index in [-0.39, 0.29) is 0 Å². The van der Waals surface area contributed by atoms with E-state index in [4.69, 9.17) is 4.74 Å². The summed E-state index contributed by atoms with van der Waals surface area (Å²) in [5.74, 6) is 0. The van der Waals surface area contributed by atoms with E-state index in [9.17, 15) is 26.3 Å². The van der Waals surface area contributed by atoms with E-state index in [1.54, 1.807) is 0 Å². The maximum Gasteiger partial charge on any atom is 0.400 e. The van der Waals surface area contributed by atoms with Crippen LogP contribution >= 0.6 is 0 Å². The molecule has 110 valence electrons. The largest absolute Gasteiger partial charge is 0.400 e. The van der Waals surface area contributed by atoms with Gasteiger partial charge in [-0.3, -0.25) is 0 Å². The van der Waals surface area contributed by atoms with Crippen LogP contribution in [0.5, 0.6) is 0 Å². The number of hydrogen-bond donors (Lipinski definition) is 1. The SMILES string of the molecule is FC(F)(F)[C@]12[C@@H]3C=C[C@@H](O3)[C@@]1(C(F)(F)F)[C@@H]1C=C[C@H]2N1. The molecule has 0 radical (unpaired) electrons. The highest BCUT2D eigenvalue weighted by Gasteiger charge is 2.92. The van der Waals surface area contributed by atoms with Gasteiger partial charge in [0.1, 0.15) is 10.8 Å². The quantitative estimate of drug-likeness (QED) is 0.547. The van der Waals surface area contributed by atoms with Crippen LogP contribution in [0.15, 0.2) is 24.3 Å². The Bertz CT molecular complexity index is 461. The number of alkyl halides is 6. The Morgan fingerprint density at radius 2 is 1.15 bits per heavy atom. The van der Waals surface area contributed by atoms with Crippen LogP contribution in [0.25, 0.3) is 0 Å². The fourth-order valence-electron chi connectivity index (χ4n) is 4.55. The van der Waals surface area contributed by atoms with E-state index < -0.39 is 47.5 Å². The van der Waals surface area contributed by atoms with Gasteiger partial charge in [-0.15, -0.1) is 0 Å². The van der Waals surface area contributed by atoms with E-state index in [2.05, 4.69) is 5.32 Å². The minimum Gasteiger partial charge on any atom is -0.365 e. The third-order valence-corrected chi connectivity index (χ3v) is 5.11. The molecule has 0 amide bonds.